The van der Waals surface area contributed by atoms with E-state index in [9.17, 15) is 4.79 Å². The number of aromatic carboxylic acids is 1. The summed E-state index contributed by atoms with van der Waals surface area (Å²) in [7, 11) is 0. The molecule has 0 amide bonds. The maximum Gasteiger partial charge on any atom is 0.335 e. The van der Waals surface area contributed by atoms with E-state index >= 15 is 0 Å². The highest BCUT2D eigenvalue weighted by Gasteiger charge is 2.22. The lowest BCUT2D eigenvalue weighted by atomic mass is 10.0. The van der Waals surface area contributed by atoms with Crippen LogP contribution in [0.5, 0.6) is 0 Å². The number of benzene rings is 1. The lowest BCUT2D eigenvalue weighted by molar-refractivity contribution is 0.0696. The predicted molar refractivity (Wildman–Crippen MR) is 89.3 cm³/mol. The van der Waals surface area contributed by atoms with Gasteiger partial charge in [0, 0.05) is 25.0 Å². The van der Waals surface area contributed by atoms with Gasteiger partial charge in [0.1, 0.15) is 0 Å². The summed E-state index contributed by atoms with van der Waals surface area (Å²) in [6, 6.07) is 11.9. The van der Waals surface area contributed by atoms with Gasteiger partial charge in [0.25, 0.3) is 0 Å². The number of carboxylic acid groups (broad SMARTS) is 1. The largest absolute Gasteiger partial charge is 0.478 e. The monoisotopic (exact) mass is 310 g/mol. The zero-order valence-electron chi connectivity index (χ0n) is 13.2. The average Bonchev–Trinajstić information content (AvgIpc) is 2.81. The number of hydrogen-bond donors (Lipinski definition) is 1. The second-order valence-corrected chi connectivity index (χ2v) is 6.12. The van der Waals surface area contributed by atoms with Gasteiger partial charge in [0.2, 0.25) is 0 Å². The van der Waals surface area contributed by atoms with Gasteiger partial charge in [-0.1, -0.05) is 25.0 Å². The normalized spacial score (nSPS) is 19.2. The van der Waals surface area contributed by atoms with Gasteiger partial charge < -0.3 is 5.11 Å². The van der Waals surface area contributed by atoms with E-state index in [1.807, 2.05) is 24.5 Å². The van der Waals surface area contributed by atoms with E-state index in [-0.39, 0.29) is 0 Å². The molecule has 0 aliphatic carbocycles. The molecule has 2 aromatic rings. The van der Waals surface area contributed by atoms with Crippen molar-refractivity contribution in [3.05, 3.63) is 65.5 Å². The Hall–Kier alpha value is -2.20. The van der Waals surface area contributed by atoms with Gasteiger partial charge in [0.15, 0.2) is 0 Å². The van der Waals surface area contributed by atoms with Gasteiger partial charge in [-0.3, -0.25) is 9.88 Å². The Morgan fingerprint density at radius 2 is 2.00 bits per heavy atom. The maximum atomic E-state index is 11.2. The van der Waals surface area contributed by atoms with Gasteiger partial charge in [-0.05, 0) is 54.8 Å². The first-order valence-electron chi connectivity index (χ1n) is 8.20. The molecule has 1 unspecified atom stereocenters. The quantitative estimate of drug-likeness (QED) is 0.930. The highest BCUT2D eigenvalue weighted by Crippen LogP contribution is 2.31. The van der Waals surface area contributed by atoms with Crippen molar-refractivity contribution in [2.45, 2.75) is 38.3 Å². The number of rotatable bonds is 4. The zero-order valence-corrected chi connectivity index (χ0v) is 13.2. The number of carbonyl (C=O) groups is 1. The number of carboxylic acids is 1. The van der Waals surface area contributed by atoms with Crippen LogP contribution in [0.3, 0.4) is 0 Å². The Balaban J connectivity index is 1.83. The third kappa shape index (κ3) is 3.96. The first-order chi connectivity index (χ1) is 11.2. The summed E-state index contributed by atoms with van der Waals surface area (Å²) in [5.41, 5.74) is 2.72. The van der Waals surface area contributed by atoms with Crippen LogP contribution >= 0.6 is 0 Å². The zero-order chi connectivity index (χ0) is 16.1. The van der Waals surface area contributed by atoms with Gasteiger partial charge in [-0.2, -0.15) is 0 Å². The molecular weight excluding hydrogens is 288 g/mol. The van der Waals surface area contributed by atoms with E-state index in [0.29, 0.717) is 11.6 Å². The Morgan fingerprint density at radius 3 is 2.78 bits per heavy atom. The SMILES string of the molecule is O=C(O)c1cccc(CN2CCCCCC2c2ccncc2)c1. The standard InChI is InChI=1S/C19H22N2O2/c22-19(23)17-6-4-5-15(13-17)14-21-12-3-1-2-7-18(21)16-8-10-20-11-9-16/h4-6,8-11,13,18H,1-3,7,12,14H2,(H,22,23). The molecule has 1 saturated heterocycles. The number of pyridine rings is 1. The fourth-order valence-electron chi connectivity index (χ4n) is 3.36. The molecule has 0 bridgehead atoms. The molecule has 1 aliphatic rings. The van der Waals surface area contributed by atoms with E-state index in [4.69, 9.17) is 5.11 Å². The van der Waals surface area contributed by atoms with Crippen molar-refractivity contribution in [1.82, 2.24) is 9.88 Å². The Kier molecular flexibility index (Phi) is 5.03. The van der Waals surface area contributed by atoms with Crippen LogP contribution in [0.4, 0.5) is 0 Å². The first kappa shape index (κ1) is 15.7. The average molecular weight is 310 g/mol. The minimum Gasteiger partial charge on any atom is -0.478 e. The molecule has 0 spiro atoms. The van der Waals surface area contributed by atoms with Crippen LogP contribution in [0.2, 0.25) is 0 Å². The molecule has 3 rings (SSSR count). The molecule has 120 valence electrons. The first-order valence-corrected chi connectivity index (χ1v) is 8.20. The Bertz CT molecular complexity index is 657. The van der Waals surface area contributed by atoms with Crippen LogP contribution < -0.4 is 0 Å². The highest BCUT2D eigenvalue weighted by atomic mass is 16.4. The molecule has 23 heavy (non-hydrogen) atoms. The Morgan fingerprint density at radius 1 is 1.17 bits per heavy atom. The number of aromatic nitrogens is 1. The van der Waals surface area contributed by atoms with E-state index in [1.54, 1.807) is 12.1 Å². The summed E-state index contributed by atoms with van der Waals surface area (Å²) in [4.78, 5) is 17.8. The highest BCUT2D eigenvalue weighted by molar-refractivity contribution is 5.87. The molecular formula is C19H22N2O2. The number of nitrogens with zero attached hydrogens (tertiary/aromatic N) is 2. The number of hydrogen-bond acceptors (Lipinski definition) is 3. The summed E-state index contributed by atoms with van der Waals surface area (Å²) < 4.78 is 0. The van der Waals surface area contributed by atoms with Crippen molar-refractivity contribution in [1.29, 1.82) is 0 Å². The molecule has 1 aromatic heterocycles. The van der Waals surface area contributed by atoms with Gasteiger partial charge in [-0.15, -0.1) is 0 Å². The molecule has 1 aliphatic heterocycles. The molecule has 0 saturated carbocycles. The predicted octanol–water partition coefficient (Wildman–Crippen LogP) is 3.90. The van der Waals surface area contributed by atoms with E-state index in [2.05, 4.69) is 22.0 Å². The second kappa shape index (κ2) is 7.38. The molecule has 2 heterocycles. The fourth-order valence-corrected chi connectivity index (χ4v) is 3.36. The van der Waals surface area contributed by atoms with Crippen molar-refractivity contribution in [2.75, 3.05) is 6.54 Å². The van der Waals surface area contributed by atoms with Crippen molar-refractivity contribution in [3.8, 4) is 0 Å². The third-order valence-corrected chi connectivity index (χ3v) is 4.51. The van der Waals surface area contributed by atoms with Crippen molar-refractivity contribution in [3.63, 3.8) is 0 Å². The fraction of sp³-hybridized carbons (Fsp3) is 0.368. The van der Waals surface area contributed by atoms with Crippen LogP contribution in [0.15, 0.2) is 48.8 Å². The van der Waals surface area contributed by atoms with Crippen molar-refractivity contribution >= 4 is 5.97 Å². The Labute approximate surface area is 136 Å². The third-order valence-electron chi connectivity index (χ3n) is 4.51. The topological polar surface area (TPSA) is 53.4 Å². The molecule has 1 fully saturated rings. The smallest absolute Gasteiger partial charge is 0.335 e. The van der Waals surface area contributed by atoms with Gasteiger partial charge >= 0.3 is 5.97 Å². The lowest BCUT2D eigenvalue weighted by Crippen LogP contribution is -2.28. The second-order valence-electron chi connectivity index (χ2n) is 6.12. The molecule has 4 nitrogen and oxygen atoms in total. The maximum absolute atomic E-state index is 11.2. The van der Waals surface area contributed by atoms with E-state index in [0.717, 1.165) is 25.1 Å². The summed E-state index contributed by atoms with van der Waals surface area (Å²) in [6.07, 6.45) is 8.53. The summed E-state index contributed by atoms with van der Waals surface area (Å²) in [6.45, 7) is 1.83. The van der Waals surface area contributed by atoms with Crippen LogP contribution in [0, 0.1) is 0 Å². The van der Waals surface area contributed by atoms with Crippen LogP contribution in [0.1, 0.15) is 53.2 Å². The van der Waals surface area contributed by atoms with Crippen molar-refractivity contribution in [2.24, 2.45) is 0 Å². The molecule has 1 N–H and O–H groups in total. The van der Waals surface area contributed by atoms with E-state index < -0.39 is 5.97 Å². The van der Waals surface area contributed by atoms with Gasteiger partial charge in [0.05, 0.1) is 5.56 Å². The summed E-state index contributed by atoms with van der Waals surface area (Å²) in [5.74, 6) is -0.867. The molecule has 4 heteroatoms. The number of likely N-dealkylation sites (tertiary alicyclic amines) is 1. The minimum absolute atomic E-state index is 0.359. The minimum atomic E-state index is -0.867. The van der Waals surface area contributed by atoms with Crippen LogP contribution in [-0.2, 0) is 6.54 Å². The molecule has 1 aromatic carbocycles. The molecule has 1 atom stereocenters. The summed E-state index contributed by atoms with van der Waals surface area (Å²) >= 11 is 0. The lowest BCUT2D eigenvalue weighted by Gasteiger charge is -2.30. The summed E-state index contributed by atoms with van der Waals surface area (Å²) in [5, 5.41) is 9.17. The van der Waals surface area contributed by atoms with Crippen LogP contribution in [-0.4, -0.2) is 27.5 Å². The van der Waals surface area contributed by atoms with Crippen LogP contribution in [0.25, 0.3) is 0 Å². The van der Waals surface area contributed by atoms with Gasteiger partial charge in [-0.25, -0.2) is 4.79 Å². The van der Waals surface area contributed by atoms with Crippen molar-refractivity contribution < 1.29 is 9.90 Å². The molecule has 0 radical (unpaired) electrons. The van der Waals surface area contributed by atoms with E-state index in [1.165, 1.54) is 24.8 Å².